The van der Waals surface area contributed by atoms with Gasteiger partial charge in [-0.1, -0.05) is 75.6 Å². The summed E-state index contributed by atoms with van der Waals surface area (Å²) >= 11 is 0. The van der Waals surface area contributed by atoms with Crippen LogP contribution < -0.4 is 0 Å². The van der Waals surface area contributed by atoms with Crippen LogP contribution in [0.25, 0.3) is 0 Å². The predicted octanol–water partition coefficient (Wildman–Crippen LogP) is 5.94. The molecule has 0 heterocycles. The van der Waals surface area contributed by atoms with Crippen molar-refractivity contribution in [2.75, 3.05) is 0 Å². The number of aryl methyl sites for hydroxylation is 2. The van der Waals surface area contributed by atoms with Crippen LogP contribution >= 0.6 is 7.82 Å². The van der Waals surface area contributed by atoms with Gasteiger partial charge in [0.15, 0.2) is 0 Å². The van der Waals surface area contributed by atoms with E-state index in [-0.39, 0.29) is 6.10 Å². The summed E-state index contributed by atoms with van der Waals surface area (Å²) in [5, 5.41) is 0. The molecule has 2 N–H and O–H groups in total. The summed E-state index contributed by atoms with van der Waals surface area (Å²) in [6.07, 6.45) is 12.6. The molecule has 1 aromatic carbocycles. The second-order valence-electron chi connectivity index (χ2n) is 7.05. The molecule has 1 unspecified atom stereocenters. The number of hydrogen-bond donors (Lipinski definition) is 2. The maximum atomic E-state index is 10.7. The summed E-state index contributed by atoms with van der Waals surface area (Å²) in [7, 11) is -4.32. The van der Waals surface area contributed by atoms with Crippen molar-refractivity contribution in [2.45, 2.75) is 90.6 Å². The Kier molecular flexibility index (Phi) is 11.3. The van der Waals surface area contributed by atoms with Crippen LogP contribution in [0.5, 0.6) is 0 Å². The maximum absolute atomic E-state index is 10.7. The van der Waals surface area contributed by atoms with Crippen LogP contribution in [0.2, 0.25) is 0 Å². The monoisotopic (exact) mass is 370 g/mol. The average Bonchev–Trinajstić information content (AvgIpc) is 2.52. The van der Waals surface area contributed by atoms with Crippen LogP contribution in [-0.4, -0.2) is 15.9 Å². The molecule has 1 rings (SSSR count). The van der Waals surface area contributed by atoms with Gasteiger partial charge < -0.3 is 9.79 Å². The lowest BCUT2D eigenvalue weighted by Gasteiger charge is -2.13. The Hall–Kier alpha value is -0.670. The molecule has 5 heteroatoms. The highest BCUT2D eigenvalue weighted by Crippen LogP contribution is 2.38. The molecule has 0 aromatic heterocycles. The smallest absolute Gasteiger partial charge is 0.303 e. The molecule has 0 aliphatic heterocycles. The molecule has 144 valence electrons. The van der Waals surface area contributed by atoms with Gasteiger partial charge in [-0.3, -0.25) is 4.52 Å². The van der Waals surface area contributed by atoms with Crippen LogP contribution in [0.1, 0.15) is 82.3 Å². The summed E-state index contributed by atoms with van der Waals surface area (Å²) in [4.78, 5) is 17.4. The van der Waals surface area contributed by atoms with Crippen LogP contribution in [0.4, 0.5) is 0 Å². The predicted molar refractivity (Wildman–Crippen MR) is 104 cm³/mol. The molecular formula is C20H35O4P. The molecule has 0 fully saturated rings. The quantitative estimate of drug-likeness (QED) is 0.314. The Morgan fingerprint density at radius 2 is 1.44 bits per heavy atom. The number of unbranched alkanes of at least 4 members (excludes halogenated alkanes) is 8. The van der Waals surface area contributed by atoms with E-state index in [1.54, 1.807) is 6.92 Å². The van der Waals surface area contributed by atoms with Gasteiger partial charge in [0.25, 0.3) is 0 Å². The molecule has 0 bridgehead atoms. The van der Waals surface area contributed by atoms with E-state index in [9.17, 15) is 4.57 Å². The number of rotatable bonds is 14. The van der Waals surface area contributed by atoms with Gasteiger partial charge >= 0.3 is 7.82 Å². The minimum absolute atomic E-state index is 0.367. The largest absolute Gasteiger partial charge is 0.469 e. The highest BCUT2D eigenvalue weighted by molar-refractivity contribution is 7.46. The Morgan fingerprint density at radius 1 is 0.920 bits per heavy atom. The number of hydrogen-bond acceptors (Lipinski definition) is 2. The molecule has 0 aliphatic rings. The van der Waals surface area contributed by atoms with Gasteiger partial charge in [-0.05, 0) is 44.2 Å². The third-order valence-electron chi connectivity index (χ3n) is 4.64. The van der Waals surface area contributed by atoms with E-state index in [1.165, 1.54) is 62.5 Å². The second kappa shape index (κ2) is 12.6. The third kappa shape index (κ3) is 12.3. The summed E-state index contributed by atoms with van der Waals surface area (Å²) < 4.78 is 15.3. The fraction of sp³-hybridized carbons (Fsp3) is 0.700. The van der Waals surface area contributed by atoms with Crippen molar-refractivity contribution in [3.05, 3.63) is 35.4 Å². The Bertz CT molecular complexity index is 512. The highest BCUT2D eigenvalue weighted by atomic mass is 31.2. The fourth-order valence-electron chi connectivity index (χ4n) is 3.16. The first-order valence-electron chi connectivity index (χ1n) is 9.67. The third-order valence-corrected chi connectivity index (χ3v) is 5.27. The van der Waals surface area contributed by atoms with Gasteiger partial charge in [0.2, 0.25) is 0 Å². The van der Waals surface area contributed by atoms with Crippen LogP contribution in [0.15, 0.2) is 24.3 Å². The van der Waals surface area contributed by atoms with Gasteiger partial charge in [0.05, 0.1) is 6.10 Å². The second-order valence-corrected chi connectivity index (χ2v) is 8.25. The zero-order valence-electron chi connectivity index (χ0n) is 15.8. The molecule has 0 aliphatic carbocycles. The van der Waals surface area contributed by atoms with Crippen molar-refractivity contribution >= 4 is 7.82 Å². The molecule has 0 amide bonds. The average molecular weight is 370 g/mol. The Labute approximate surface area is 153 Å². The number of benzene rings is 1. The van der Waals surface area contributed by atoms with E-state index in [0.29, 0.717) is 6.42 Å². The van der Waals surface area contributed by atoms with E-state index in [4.69, 9.17) is 9.79 Å². The van der Waals surface area contributed by atoms with Gasteiger partial charge in [0.1, 0.15) is 0 Å². The van der Waals surface area contributed by atoms with Gasteiger partial charge in [-0.2, -0.15) is 0 Å². The van der Waals surface area contributed by atoms with Crippen molar-refractivity contribution in [1.82, 2.24) is 0 Å². The lowest BCUT2D eigenvalue weighted by Crippen LogP contribution is -2.05. The first kappa shape index (κ1) is 22.4. The zero-order valence-corrected chi connectivity index (χ0v) is 16.7. The van der Waals surface area contributed by atoms with E-state index in [1.807, 2.05) is 0 Å². The van der Waals surface area contributed by atoms with Crippen LogP contribution in [0, 0.1) is 6.92 Å². The zero-order chi connectivity index (χ0) is 18.5. The number of phosphoric acid groups is 1. The van der Waals surface area contributed by atoms with Crippen LogP contribution in [0.3, 0.4) is 0 Å². The highest BCUT2D eigenvalue weighted by Gasteiger charge is 2.18. The normalized spacial score (nSPS) is 13.1. The molecule has 4 nitrogen and oxygen atoms in total. The first-order chi connectivity index (χ1) is 11.9. The summed E-state index contributed by atoms with van der Waals surface area (Å²) in [5.74, 6) is 0. The molecule has 0 spiro atoms. The van der Waals surface area contributed by atoms with Crippen molar-refractivity contribution in [3.63, 3.8) is 0 Å². The SMILES string of the molecule is Cc1ccccc1CCCCCCCCCCCC(C)OP(=O)(O)O. The standard InChI is InChI=1S/C20H35O4P/c1-18-14-12-13-17-20(18)16-11-9-7-5-3-4-6-8-10-15-19(2)24-25(21,22)23/h12-14,17,19H,3-11,15-16H2,1-2H3,(H2,21,22,23). The number of phosphoric ester groups is 1. The van der Waals surface area contributed by atoms with E-state index < -0.39 is 7.82 Å². The molecule has 1 atom stereocenters. The van der Waals surface area contributed by atoms with Crippen molar-refractivity contribution in [2.24, 2.45) is 0 Å². The fourth-order valence-corrected chi connectivity index (χ4v) is 3.74. The molecule has 0 radical (unpaired) electrons. The first-order valence-corrected chi connectivity index (χ1v) is 11.2. The summed E-state index contributed by atoms with van der Waals surface area (Å²) in [5.41, 5.74) is 2.89. The minimum atomic E-state index is -4.32. The van der Waals surface area contributed by atoms with Crippen molar-refractivity contribution in [1.29, 1.82) is 0 Å². The lowest BCUT2D eigenvalue weighted by molar-refractivity contribution is 0.136. The van der Waals surface area contributed by atoms with Crippen LogP contribution in [-0.2, 0) is 15.5 Å². The molecule has 0 saturated heterocycles. The van der Waals surface area contributed by atoms with E-state index in [0.717, 1.165) is 12.8 Å². The maximum Gasteiger partial charge on any atom is 0.469 e. The van der Waals surface area contributed by atoms with Gasteiger partial charge in [-0.25, -0.2) is 4.57 Å². The van der Waals surface area contributed by atoms with E-state index >= 15 is 0 Å². The lowest BCUT2D eigenvalue weighted by atomic mass is 10.0. The molecular weight excluding hydrogens is 335 g/mol. The Balaban J connectivity index is 1.88. The molecule has 25 heavy (non-hydrogen) atoms. The summed E-state index contributed by atoms with van der Waals surface area (Å²) in [6, 6.07) is 8.65. The topological polar surface area (TPSA) is 66.8 Å². The molecule has 1 aromatic rings. The summed E-state index contributed by atoms with van der Waals surface area (Å²) in [6.45, 7) is 3.91. The van der Waals surface area contributed by atoms with Crippen molar-refractivity contribution in [3.8, 4) is 0 Å². The van der Waals surface area contributed by atoms with Gasteiger partial charge in [0, 0.05) is 0 Å². The molecule has 0 saturated carbocycles. The van der Waals surface area contributed by atoms with Gasteiger partial charge in [-0.15, -0.1) is 0 Å². The Morgan fingerprint density at radius 3 is 2.00 bits per heavy atom. The minimum Gasteiger partial charge on any atom is -0.303 e. The van der Waals surface area contributed by atoms with E-state index in [2.05, 4.69) is 35.7 Å². The van der Waals surface area contributed by atoms with Crippen molar-refractivity contribution < 1.29 is 18.9 Å².